The minimum atomic E-state index is 0.0619. The highest BCUT2D eigenvalue weighted by molar-refractivity contribution is 7.99. The number of thioether (sulfide) groups is 1. The van der Waals surface area contributed by atoms with Crippen LogP contribution >= 0.6 is 11.8 Å². The first-order chi connectivity index (χ1) is 8.58. The summed E-state index contributed by atoms with van der Waals surface area (Å²) in [7, 11) is 0. The Balaban J connectivity index is 2.53. The smallest absolute Gasteiger partial charge is 0.0464 e. The maximum absolute atomic E-state index is 9.02. The molecule has 1 rings (SSSR count). The third-order valence-corrected chi connectivity index (χ3v) is 4.81. The molecule has 102 valence electrons. The molecule has 0 radical (unpaired) electrons. The van der Waals surface area contributed by atoms with Gasteiger partial charge in [-0.3, -0.25) is 0 Å². The van der Waals surface area contributed by atoms with Gasteiger partial charge >= 0.3 is 0 Å². The molecule has 2 nitrogen and oxygen atoms in total. The number of hydrogen-bond donors (Lipinski definition) is 2. The van der Waals surface area contributed by atoms with Crippen molar-refractivity contribution in [3.8, 4) is 0 Å². The Labute approximate surface area is 115 Å². The predicted octanol–water partition coefficient (Wildman–Crippen LogP) is 3.00. The molecule has 18 heavy (non-hydrogen) atoms. The second kappa shape index (κ2) is 7.82. The van der Waals surface area contributed by atoms with Gasteiger partial charge in [0.25, 0.3) is 0 Å². The van der Waals surface area contributed by atoms with Gasteiger partial charge < -0.3 is 10.8 Å². The summed E-state index contributed by atoms with van der Waals surface area (Å²) in [6.07, 6.45) is 1.06. The molecule has 3 unspecified atom stereocenters. The van der Waals surface area contributed by atoms with Crippen LogP contribution in [-0.2, 0) is 6.42 Å². The second-order valence-corrected chi connectivity index (χ2v) is 6.36. The summed E-state index contributed by atoms with van der Waals surface area (Å²) in [6, 6.07) is 8.64. The van der Waals surface area contributed by atoms with Crippen LogP contribution in [0.3, 0.4) is 0 Å². The van der Waals surface area contributed by atoms with Crippen molar-refractivity contribution in [2.75, 3.05) is 12.4 Å². The van der Waals surface area contributed by atoms with Crippen LogP contribution in [0, 0.1) is 5.92 Å². The number of hydrogen-bond acceptors (Lipinski definition) is 3. The SMILES string of the molecule is CCc1ccc(C(N)C(C)SCC(C)CO)cc1. The summed E-state index contributed by atoms with van der Waals surface area (Å²) in [5.74, 6) is 1.30. The van der Waals surface area contributed by atoms with Crippen molar-refractivity contribution in [2.24, 2.45) is 11.7 Å². The standard InChI is InChI=1S/C15H25NOS/c1-4-13-5-7-14(8-6-13)15(16)12(3)18-10-11(2)9-17/h5-8,11-12,15,17H,4,9-10,16H2,1-3H3. The molecule has 0 aromatic heterocycles. The monoisotopic (exact) mass is 267 g/mol. The van der Waals surface area contributed by atoms with E-state index in [0.29, 0.717) is 11.2 Å². The molecule has 0 saturated carbocycles. The van der Waals surface area contributed by atoms with Crippen molar-refractivity contribution in [1.29, 1.82) is 0 Å². The topological polar surface area (TPSA) is 46.2 Å². The van der Waals surface area contributed by atoms with Crippen LogP contribution in [0.25, 0.3) is 0 Å². The van der Waals surface area contributed by atoms with Gasteiger partial charge in [-0.2, -0.15) is 11.8 Å². The van der Waals surface area contributed by atoms with E-state index in [1.807, 2.05) is 11.8 Å². The quantitative estimate of drug-likeness (QED) is 0.798. The second-order valence-electron chi connectivity index (χ2n) is 4.95. The van der Waals surface area contributed by atoms with Gasteiger partial charge in [-0.05, 0) is 29.2 Å². The lowest BCUT2D eigenvalue weighted by Gasteiger charge is -2.21. The average Bonchev–Trinajstić information content (AvgIpc) is 2.43. The minimum Gasteiger partial charge on any atom is -0.396 e. The zero-order valence-corrected chi connectivity index (χ0v) is 12.4. The maximum Gasteiger partial charge on any atom is 0.0464 e. The summed E-state index contributed by atoms with van der Waals surface area (Å²) in [5.41, 5.74) is 8.82. The first-order valence-electron chi connectivity index (χ1n) is 6.65. The van der Waals surface area contributed by atoms with Crippen LogP contribution < -0.4 is 5.73 Å². The van der Waals surface area contributed by atoms with Gasteiger partial charge in [0.05, 0.1) is 0 Å². The Morgan fingerprint density at radius 1 is 1.22 bits per heavy atom. The van der Waals surface area contributed by atoms with Crippen molar-refractivity contribution in [2.45, 2.75) is 38.5 Å². The number of aliphatic hydroxyl groups is 1. The summed E-state index contributed by atoms with van der Waals surface area (Å²) in [5, 5.41) is 9.38. The van der Waals surface area contributed by atoms with E-state index in [9.17, 15) is 0 Å². The third kappa shape index (κ3) is 4.63. The van der Waals surface area contributed by atoms with Crippen molar-refractivity contribution in [1.82, 2.24) is 0 Å². The molecule has 3 atom stereocenters. The van der Waals surface area contributed by atoms with Crippen LogP contribution in [0.4, 0.5) is 0 Å². The first kappa shape index (κ1) is 15.5. The first-order valence-corrected chi connectivity index (χ1v) is 7.70. The summed E-state index contributed by atoms with van der Waals surface area (Å²) in [6.45, 7) is 6.62. The maximum atomic E-state index is 9.02. The van der Waals surface area contributed by atoms with Crippen LogP contribution in [0.2, 0.25) is 0 Å². The molecule has 3 heteroatoms. The molecule has 0 saturated heterocycles. The Morgan fingerprint density at radius 2 is 1.83 bits per heavy atom. The molecule has 0 fully saturated rings. The lowest BCUT2D eigenvalue weighted by Crippen LogP contribution is -2.22. The van der Waals surface area contributed by atoms with Gasteiger partial charge in [0, 0.05) is 17.9 Å². The van der Waals surface area contributed by atoms with E-state index >= 15 is 0 Å². The zero-order chi connectivity index (χ0) is 13.5. The Kier molecular flexibility index (Phi) is 6.76. The fraction of sp³-hybridized carbons (Fsp3) is 0.600. The third-order valence-electron chi connectivity index (χ3n) is 3.23. The van der Waals surface area contributed by atoms with E-state index in [1.165, 1.54) is 11.1 Å². The highest BCUT2D eigenvalue weighted by Crippen LogP contribution is 2.26. The highest BCUT2D eigenvalue weighted by atomic mass is 32.2. The largest absolute Gasteiger partial charge is 0.396 e. The summed E-state index contributed by atoms with van der Waals surface area (Å²) >= 11 is 1.84. The average molecular weight is 267 g/mol. The fourth-order valence-electron chi connectivity index (χ4n) is 1.72. The van der Waals surface area contributed by atoms with E-state index in [1.54, 1.807) is 0 Å². The van der Waals surface area contributed by atoms with Gasteiger partial charge in [0.15, 0.2) is 0 Å². The Bertz CT molecular complexity index is 339. The van der Waals surface area contributed by atoms with E-state index in [4.69, 9.17) is 10.8 Å². The van der Waals surface area contributed by atoms with E-state index in [2.05, 4.69) is 45.0 Å². The van der Waals surface area contributed by atoms with E-state index in [-0.39, 0.29) is 12.6 Å². The molecular formula is C15H25NOS. The molecule has 0 aliphatic rings. The van der Waals surface area contributed by atoms with Gasteiger partial charge in [-0.15, -0.1) is 0 Å². The highest BCUT2D eigenvalue weighted by Gasteiger charge is 2.16. The molecule has 0 bridgehead atoms. The van der Waals surface area contributed by atoms with Gasteiger partial charge in [0.2, 0.25) is 0 Å². The lowest BCUT2D eigenvalue weighted by atomic mass is 10.0. The molecular weight excluding hydrogens is 242 g/mol. The number of rotatable bonds is 7. The van der Waals surface area contributed by atoms with Gasteiger partial charge in [-0.25, -0.2) is 0 Å². The van der Waals surface area contributed by atoms with Gasteiger partial charge in [0.1, 0.15) is 0 Å². The Morgan fingerprint density at radius 3 is 2.33 bits per heavy atom. The summed E-state index contributed by atoms with van der Waals surface area (Å²) in [4.78, 5) is 0. The lowest BCUT2D eigenvalue weighted by molar-refractivity contribution is 0.250. The number of nitrogens with two attached hydrogens (primary N) is 1. The molecule has 1 aromatic rings. The van der Waals surface area contributed by atoms with Crippen LogP contribution in [0.15, 0.2) is 24.3 Å². The molecule has 0 aliphatic carbocycles. The van der Waals surface area contributed by atoms with Gasteiger partial charge in [-0.1, -0.05) is 45.0 Å². The predicted molar refractivity (Wildman–Crippen MR) is 80.9 cm³/mol. The van der Waals surface area contributed by atoms with E-state index in [0.717, 1.165) is 12.2 Å². The fourth-order valence-corrected chi connectivity index (χ4v) is 2.82. The number of aryl methyl sites for hydroxylation is 1. The normalized spacial score (nSPS) is 16.3. The van der Waals surface area contributed by atoms with Crippen LogP contribution in [-0.4, -0.2) is 22.7 Å². The molecule has 0 aliphatic heterocycles. The van der Waals surface area contributed by atoms with Crippen molar-refractivity contribution >= 4 is 11.8 Å². The minimum absolute atomic E-state index is 0.0619. The van der Waals surface area contributed by atoms with Crippen molar-refractivity contribution < 1.29 is 5.11 Å². The molecule has 0 spiro atoms. The molecule has 0 heterocycles. The molecule has 0 amide bonds. The number of benzene rings is 1. The van der Waals surface area contributed by atoms with E-state index < -0.39 is 0 Å². The zero-order valence-electron chi connectivity index (χ0n) is 11.6. The number of aliphatic hydroxyl groups excluding tert-OH is 1. The van der Waals surface area contributed by atoms with Crippen LogP contribution in [0.1, 0.15) is 37.9 Å². The van der Waals surface area contributed by atoms with Crippen LogP contribution in [0.5, 0.6) is 0 Å². The molecule has 3 N–H and O–H groups in total. The van der Waals surface area contributed by atoms with Crippen molar-refractivity contribution in [3.05, 3.63) is 35.4 Å². The summed E-state index contributed by atoms with van der Waals surface area (Å²) < 4.78 is 0. The van der Waals surface area contributed by atoms with Crippen molar-refractivity contribution in [3.63, 3.8) is 0 Å². The Hall–Kier alpha value is -0.510. The molecule has 1 aromatic carbocycles.